The number of nitrogens with two attached hydrogens (primary N) is 1. The minimum Gasteiger partial charge on any atom is -0.790 e. The average molecular weight is 1090 g/mol. The maximum Gasteiger partial charge on any atom is 0.274 e. The highest BCUT2D eigenvalue weighted by Gasteiger charge is 2.47. The number of anilines is 1. The number of hydrogen-bond donors (Lipinski definition) is 7. The molecule has 1 aliphatic rings. The number of nitrogens with one attached hydrogen (secondary N) is 2. The smallest absolute Gasteiger partial charge is 0.274 e. The molecule has 1 saturated heterocycles. The molecule has 2 aromatic heterocycles. The molecule has 2 amide bonds. The monoisotopic (exact) mass is 1090 g/mol. The van der Waals surface area contributed by atoms with Crippen LogP contribution in [0.2, 0.25) is 0 Å². The molecule has 2 unspecified atom stereocenters. The zero-order chi connectivity index (χ0) is 52.8. The third-order valence-corrected chi connectivity index (χ3v) is 14.9. The molecule has 2 aromatic rings. The normalized spacial score (nSPS) is 20.7. The zero-order valence-corrected chi connectivity index (χ0v) is 43.5. The first-order valence-corrected chi connectivity index (χ1v) is 28.7. The van der Waals surface area contributed by atoms with Gasteiger partial charge in [-0.1, -0.05) is 96.1 Å². The van der Waals surface area contributed by atoms with Crippen molar-refractivity contribution < 1.29 is 90.7 Å². The molecule has 9 atom stereocenters. The number of nitrogen functional groups attached to an aromatic ring is 1. The number of aromatic nitrogens is 4. The van der Waals surface area contributed by atoms with E-state index < -0.39 is 90.7 Å². The SMILES string of the molecule is CCCCCC[C@@H](O)C/C=C\CCCCCCC[C@@H](O)CC(=O)SCCNC(=O)CCNC(=O)[C@H](O)C(C)(C)COP(=O)([O-])OP(=O)([O-])OC[C@H]1O[C@@H](n2cnc3c(N)ncnc32)[C@H](O)[C@@H]1OP(=O)([O-])[O-]. The van der Waals surface area contributed by atoms with Crippen molar-refractivity contribution in [3.05, 3.63) is 24.8 Å². The van der Waals surface area contributed by atoms with Crippen LogP contribution in [-0.2, 0) is 50.7 Å². The van der Waals surface area contributed by atoms with Gasteiger partial charge >= 0.3 is 0 Å². The number of allylic oxidation sites excluding steroid dienone is 1. The number of aliphatic hydroxyl groups is 4. The molecule has 0 aliphatic carbocycles. The van der Waals surface area contributed by atoms with Gasteiger partial charge in [-0.25, -0.2) is 19.3 Å². The fraction of sp³-hybridized carbons (Fsp3) is 0.756. The Labute approximate surface area is 416 Å². The van der Waals surface area contributed by atoms with Crippen molar-refractivity contribution in [2.24, 2.45) is 5.41 Å². The van der Waals surface area contributed by atoms with E-state index in [4.69, 9.17) is 10.5 Å². The van der Waals surface area contributed by atoms with Crippen molar-refractivity contribution in [2.45, 2.75) is 160 Å². The predicted molar refractivity (Wildman–Crippen MR) is 250 cm³/mol. The summed E-state index contributed by atoms with van der Waals surface area (Å²) in [5, 5.41) is 46.4. The first-order chi connectivity index (χ1) is 33.3. The lowest BCUT2D eigenvalue weighted by Crippen LogP contribution is -2.46. The van der Waals surface area contributed by atoms with E-state index in [0.29, 0.717) is 12.8 Å². The molecule has 71 heavy (non-hydrogen) atoms. The van der Waals surface area contributed by atoms with E-state index in [9.17, 15) is 68.1 Å². The number of unbranched alkanes of at least 4 members (excludes halogenated alkanes) is 8. The van der Waals surface area contributed by atoms with Gasteiger partial charge in [-0.2, -0.15) is 0 Å². The van der Waals surface area contributed by atoms with Gasteiger partial charge in [0.15, 0.2) is 22.8 Å². The Bertz CT molecular complexity index is 2150. The van der Waals surface area contributed by atoms with Crippen LogP contribution in [0.5, 0.6) is 0 Å². The number of aliphatic hydroxyl groups excluding tert-OH is 4. The maximum atomic E-state index is 12.7. The lowest BCUT2D eigenvalue weighted by Gasteiger charge is -2.36. The number of phosphoric acid groups is 3. The minimum absolute atomic E-state index is 0.0136. The van der Waals surface area contributed by atoms with Gasteiger partial charge in [0.1, 0.15) is 36.3 Å². The second kappa shape index (κ2) is 30.6. The number of phosphoric ester groups is 3. The highest BCUT2D eigenvalue weighted by molar-refractivity contribution is 8.13. The Morgan fingerprint density at radius 3 is 2.28 bits per heavy atom. The molecule has 1 fully saturated rings. The summed E-state index contributed by atoms with van der Waals surface area (Å²) in [5.41, 5.74) is 4.05. The van der Waals surface area contributed by atoms with Crippen molar-refractivity contribution in [3.8, 4) is 0 Å². The molecule has 0 saturated carbocycles. The van der Waals surface area contributed by atoms with Crippen molar-refractivity contribution in [1.29, 1.82) is 0 Å². The number of carbonyl (C=O) groups is 3. The summed E-state index contributed by atoms with van der Waals surface area (Å²) in [7, 11) is -17.7. The number of rotatable bonds is 36. The molecule has 8 N–H and O–H groups in total. The van der Waals surface area contributed by atoms with E-state index >= 15 is 0 Å². The summed E-state index contributed by atoms with van der Waals surface area (Å²) in [6.45, 7) is 2.12. The summed E-state index contributed by atoms with van der Waals surface area (Å²) in [5.74, 6) is -1.37. The Hall–Kier alpha value is -2.78. The number of imidazole rings is 1. The van der Waals surface area contributed by atoms with E-state index in [1.165, 1.54) is 33.1 Å². The molecular weight excluding hydrogens is 1020 g/mol. The number of nitrogens with zero attached hydrogens (tertiary/aromatic N) is 4. The highest BCUT2D eigenvalue weighted by Crippen LogP contribution is 2.56. The van der Waals surface area contributed by atoms with Crippen LogP contribution in [0.1, 0.15) is 123 Å². The minimum atomic E-state index is -5.94. The van der Waals surface area contributed by atoms with Crippen LogP contribution in [0, 0.1) is 5.41 Å². The molecule has 0 spiro atoms. The van der Waals surface area contributed by atoms with E-state index in [1.54, 1.807) is 0 Å². The van der Waals surface area contributed by atoms with Crippen molar-refractivity contribution >= 4 is 69.1 Å². The topological polar surface area (TPSA) is 415 Å². The van der Waals surface area contributed by atoms with Crippen LogP contribution < -0.4 is 35.9 Å². The van der Waals surface area contributed by atoms with E-state index in [1.807, 2.05) is 0 Å². The van der Waals surface area contributed by atoms with Gasteiger partial charge in [-0.05, 0) is 32.1 Å². The van der Waals surface area contributed by atoms with Gasteiger partial charge in [0.25, 0.3) is 15.6 Å². The molecule has 0 radical (unpaired) electrons. The molecule has 1 aliphatic heterocycles. The van der Waals surface area contributed by atoms with Gasteiger partial charge in [0.2, 0.25) is 11.8 Å². The summed E-state index contributed by atoms with van der Waals surface area (Å²) < 4.78 is 60.8. The van der Waals surface area contributed by atoms with Crippen LogP contribution in [0.4, 0.5) is 5.82 Å². The second-order valence-corrected chi connectivity index (χ2v) is 22.8. The Morgan fingerprint density at radius 1 is 0.915 bits per heavy atom. The van der Waals surface area contributed by atoms with Crippen LogP contribution in [0.3, 0.4) is 0 Å². The quantitative estimate of drug-likeness (QED) is 0.0283. The Kier molecular flexibility index (Phi) is 26.9. The van der Waals surface area contributed by atoms with E-state index in [-0.39, 0.29) is 59.9 Å². The van der Waals surface area contributed by atoms with Gasteiger partial charge < -0.3 is 79.2 Å². The molecule has 30 heteroatoms. The Morgan fingerprint density at radius 2 is 1.58 bits per heavy atom. The molecule has 3 rings (SSSR count). The van der Waals surface area contributed by atoms with E-state index in [2.05, 4.69) is 62.5 Å². The lowest BCUT2D eigenvalue weighted by atomic mass is 9.87. The summed E-state index contributed by atoms with van der Waals surface area (Å²) in [6, 6.07) is 0. The summed E-state index contributed by atoms with van der Waals surface area (Å²) in [4.78, 5) is 97.0. The summed E-state index contributed by atoms with van der Waals surface area (Å²) in [6.07, 6.45) is 7.98. The van der Waals surface area contributed by atoms with Crippen LogP contribution >= 0.6 is 35.2 Å². The molecule has 26 nitrogen and oxygen atoms in total. The van der Waals surface area contributed by atoms with E-state index in [0.717, 1.165) is 80.4 Å². The number of amides is 2. The first kappa shape index (κ1) is 62.5. The number of hydrogen-bond acceptors (Lipinski definition) is 24. The fourth-order valence-corrected chi connectivity index (χ4v) is 10.6. The van der Waals surface area contributed by atoms with Crippen LogP contribution in [-0.4, -0.2) is 126 Å². The standard InChI is InChI=1S/C41H72N7O19P3S/c1-4-5-6-13-16-28(49)17-14-11-9-7-8-10-12-15-18-29(50)23-32(52)71-22-21-43-31(51)19-20-44-39(55)36(54)41(2,3)25-64-70(61,62)67-69(59,60)63-24-30-35(66-68(56,57)58)34(53)40(65-30)48-27-47-33-37(42)45-26-46-38(33)48/h11,14,26-30,34-36,40,49-50,53-54H,4-10,12-13,15-25H2,1-3H3,(H,43,51)(H,44,55)(H,59,60)(H,61,62)(H2,42,45,46)(H2,56,57,58)/p-4/b14-11-/t28-,29-,30-,34-,35-,36+,40-/m1/s1. The number of fused-ring (bicyclic) bond motifs is 1. The Balaban J connectivity index is 1.29. The first-order valence-electron chi connectivity index (χ1n) is 23.3. The third kappa shape index (κ3) is 23.5. The van der Waals surface area contributed by atoms with Gasteiger partial charge in [0, 0.05) is 37.1 Å². The van der Waals surface area contributed by atoms with Crippen molar-refractivity contribution in [2.75, 3.05) is 37.8 Å². The van der Waals surface area contributed by atoms with Crippen LogP contribution in [0.15, 0.2) is 24.8 Å². The lowest BCUT2D eigenvalue weighted by molar-refractivity contribution is -0.347. The number of carbonyl (C=O) groups excluding carboxylic acids is 3. The fourth-order valence-electron chi connectivity index (χ4n) is 7.09. The predicted octanol–water partition coefficient (Wildman–Crippen LogP) is 0.896. The number of ether oxygens (including phenoxy) is 1. The zero-order valence-electron chi connectivity index (χ0n) is 40.0. The van der Waals surface area contributed by atoms with Gasteiger partial charge in [-0.15, -0.1) is 0 Å². The summed E-state index contributed by atoms with van der Waals surface area (Å²) >= 11 is 0.969. The highest BCUT2D eigenvalue weighted by atomic mass is 32.2. The largest absolute Gasteiger partial charge is 0.790 e. The van der Waals surface area contributed by atoms with Crippen molar-refractivity contribution in [3.63, 3.8) is 0 Å². The van der Waals surface area contributed by atoms with Gasteiger partial charge in [0.05, 0.1) is 39.6 Å². The van der Waals surface area contributed by atoms with Crippen molar-refractivity contribution in [1.82, 2.24) is 30.2 Å². The van der Waals surface area contributed by atoms with Crippen LogP contribution in [0.25, 0.3) is 11.2 Å². The average Bonchev–Trinajstić information content (AvgIpc) is 3.85. The molecule has 3 heterocycles. The second-order valence-electron chi connectivity index (χ2n) is 17.6. The van der Waals surface area contributed by atoms with Gasteiger partial charge in [-0.3, -0.25) is 28.1 Å². The molecular formula is C41H68N7O19P3S-4. The number of thioether (sulfide) groups is 1. The third-order valence-electron chi connectivity index (χ3n) is 11.0. The maximum absolute atomic E-state index is 12.7. The molecule has 406 valence electrons. The molecule has 0 bridgehead atoms. The molecule has 0 aromatic carbocycles.